The fourth-order valence-electron chi connectivity index (χ4n) is 2.26. The molecule has 0 aliphatic carbocycles. The number of aromatic hydroxyl groups is 1. The highest BCUT2D eigenvalue weighted by molar-refractivity contribution is 6.05. The Morgan fingerprint density at radius 3 is 2.67 bits per heavy atom. The monoisotopic (exact) mass is 249 g/mol. The molecule has 0 fully saturated rings. The van der Waals surface area contributed by atoms with Crippen molar-refractivity contribution >= 4 is 16.9 Å². The normalized spacial score (nSPS) is 12.8. The number of carboxylic acids is 1. The number of carbonyl (C=O) groups is 1. The van der Waals surface area contributed by atoms with Crippen LogP contribution in [0.25, 0.3) is 10.9 Å². The molecule has 0 saturated carbocycles. The van der Waals surface area contributed by atoms with Crippen LogP contribution in [0.2, 0.25) is 0 Å². The third-order valence-corrected chi connectivity index (χ3v) is 3.14. The van der Waals surface area contributed by atoms with Crippen molar-refractivity contribution < 1.29 is 20.1 Å². The minimum atomic E-state index is -1.10. The molecule has 1 atom stereocenters. The summed E-state index contributed by atoms with van der Waals surface area (Å²) >= 11 is 0. The Balaban J connectivity index is 2.88. The number of aromatic nitrogens is 1. The van der Waals surface area contributed by atoms with E-state index < -0.39 is 12.1 Å². The summed E-state index contributed by atoms with van der Waals surface area (Å²) in [7, 11) is 1.71. The number of aryl methyl sites for hydroxylation is 1. The molecule has 18 heavy (non-hydrogen) atoms. The van der Waals surface area contributed by atoms with E-state index in [1.54, 1.807) is 24.6 Å². The molecule has 5 nitrogen and oxygen atoms in total. The highest BCUT2D eigenvalue weighted by Crippen LogP contribution is 2.32. The lowest BCUT2D eigenvalue weighted by atomic mass is 10.1. The lowest BCUT2D eigenvalue weighted by molar-refractivity contribution is 0.0689. The molecule has 0 aliphatic heterocycles. The van der Waals surface area contributed by atoms with Gasteiger partial charge in [0, 0.05) is 18.0 Å². The maximum absolute atomic E-state index is 11.4. The highest BCUT2D eigenvalue weighted by Gasteiger charge is 2.24. The van der Waals surface area contributed by atoms with Gasteiger partial charge in [-0.25, -0.2) is 4.79 Å². The highest BCUT2D eigenvalue weighted by atomic mass is 16.4. The van der Waals surface area contributed by atoms with Gasteiger partial charge in [0.15, 0.2) is 0 Å². The summed E-state index contributed by atoms with van der Waals surface area (Å²) in [5.74, 6) is -1.10. The van der Waals surface area contributed by atoms with Crippen LogP contribution in [-0.2, 0) is 7.05 Å². The first-order chi connectivity index (χ1) is 8.47. The lowest BCUT2D eigenvalue weighted by Crippen LogP contribution is -2.09. The number of benzene rings is 1. The van der Waals surface area contributed by atoms with Crippen LogP contribution in [-0.4, -0.2) is 25.9 Å². The number of fused-ring (bicyclic) bond motifs is 1. The molecule has 3 N–H and O–H groups in total. The van der Waals surface area contributed by atoms with Crippen LogP contribution in [0.15, 0.2) is 18.2 Å². The topological polar surface area (TPSA) is 82.7 Å². The van der Waals surface area contributed by atoms with E-state index in [1.165, 1.54) is 12.1 Å². The van der Waals surface area contributed by atoms with Crippen molar-refractivity contribution in [3.63, 3.8) is 0 Å². The molecule has 2 rings (SSSR count). The smallest absolute Gasteiger partial charge is 0.338 e. The molecule has 2 aromatic rings. The number of aliphatic hydroxyl groups is 1. The average Bonchev–Trinajstić information content (AvgIpc) is 2.61. The van der Waals surface area contributed by atoms with E-state index in [2.05, 4.69) is 0 Å². The minimum Gasteiger partial charge on any atom is -0.508 e. The number of phenolic OH excluding ortho intramolecular Hbond substituents is 1. The van der Waals surface area contributed by atoms with Crippen LogP contribution >= 0.6 is 0 Å². The van der Waals surface area contributed by atoms with Crippen LogP contribution in [0, 0.1) is 0 Å². The molecular weight excluding hydrogens is 234 g/mol. The number of rotatable bonds is 3. The second-order valence-corrected chi connectivity index (χ2v) is 4.25. The van der Waals surface area contributed by atoms with E-state index in [9.17, 15) is 20.1 Å². The van der Waals surface area contributed by atoms with E-state index in [1.807, 2.05) is 0 Å². The zero-order valence-corrected chi connectivity index (χ0v) is 10.2. The standard InChI is InChI=1S/C13H15NO4/c1-3-10(16)12-11(13(17)18)8-6-7(15)4-5-9(8)14(12)2/h4-6,10,15-16H,3H2,1-2H3,(H,17,18)/t10-/m1/s1. The van der Waals surface area contributed by atoms with Crippen molar-refractivity contribution in [3.8, 4) is 5.75 Å². The predicted molar refractivity (Wildman–Crippen MR) is 66.8 cm³/mol. The van der Waals surface area contributed by atoms with Gasteiger partial charge in [0.25, 0.3) is 0 Å². The molecule has 96 valence electrons. The van der Waals surface area contributed by atoms with E-state index in [0.29, 0.717) is 23.0 Å². The fraction of sp³-hybridized carbons (Fsp3) is 0.308. The molecule has 0 amide bonds. The van der Waals surface area contributed by atoms with E-state index in [-0.39, 0.29) is 11.3 Å². The molecule has 1 heterocycles. The van der Waals surface area contributed by atoms with Gasteiger partial charge in [0.1, 0.15) is 5.75 Å². The number of phenols is 1. The summed E-state index contributed by atoms with van der Waals surface area (Å²) in [6.07, 6.45) is -0.410. The first-order valence-corrected chi connectivity index (χ1v) is 5.70. The zero-order chi connectivity index (χ0) is 13.4. The van der Waals surface area contributed by atoms with Crippen molar-refractivity contribution in [1.82, 2.24) is 4.57 Å². The summed E-state index contributed by atoms with van der Waals surface area (Å²) in [6, 6.07) is 4.55. The Labute approximate surface area is 104 Å². The van der Waals surface area contributed by atoms with Crippen molar-refractivity contribution in [2.45, 2.75) is 19.4 Å². The molecule has 1 aromatic heterocycles. The first-order valence-electron chi connectivity index (χ1n) is 5.70. The molecule has 0 radical (unpaired) electrons. The van der Waals surface area contributed by atoms with Gasteiger partial charge >= 0.3 is 5.97 Å². The summed E-state index contributed by atoms with van der Waals surface area (Å²) in [5, 5.41) is 29.2. The Kier molecular flexibility index (Phi) is 3.00. The molecule has 0 saturated heterocycles. The second kappa shape index (κ2) is 4.34. The predicted octanol–water partition coefficient (Wildman–Crippen LogP) is 2.03. The summed E-state index contributed by atoms with van der Waals surface area (Å²) < 4.78 is 1.66. The van der Waals surface area contributed by atoms with Gasteiger partial charge < -0.3 is 19.9 Å². The van der Waals surface area contributed by atoms with Gasteiger partial charge in [-0.3, -0.25) is 0 Å². The average molecular weight is 249 g/mol. The Morgan fingerprint density at radius 1 is 1.44 bits per heavy atom. The van der Waals surface area contributed by atoms with Crippen LogP contribution < -0.4 is 0 Å². The molecule has 0 bridgehead atoms. The van der Waals surface area contributed by atoms with Crippen LogP contribution in [0.5, 0.6) is 5.75 Å². The summed E-state index contributed by atoms with van der Waals surface area (Å²) in [5.41, 5.74) is 1.09. The molecule has 0 spiro atoms. The molecule has 0 aliphatic rings. The van der Waals surface area contributed by atoms with Crippen LogP contribution in [0.1, 0.15) is 35.5 Å². The van der Waals surface area contributed by atoms with Crippen LogP contribution in [0.4, 0.5) is 0 Å². The van der Waals surface area contributed by atoms with Gasteiger partial charge in [0.2, 0.25) is 0 Å². The molecular formula is C13H15NO4. The van der Waals surface area contributed by atoms with Crippen molar-refractivity contribution in [2.75, 3.05) is 0 Å². The third-order valence-electron chi connectivity index (χ3n) is 3.14. The van der Waals surface area contributed by atoms with Crippen molar-refractivity contribution in [2.24, 2.45) is 7.05 Å². The largest absolute Gasteiger partial charge is 0.508 e. The summed E-state index contributed by atoms with van der Waals surface area (Å²) in [4.78, 5) is 11.4. The van der Waals surface area contributed by atoms with E-state index in [0.717, 1.165) is 0 Å². The van der Waals surface area contributed by atoms with Crippen LogP contribution in [0.3, 0.4) is 0 Å². The number of aromatic carboxylic acids is 1. The fourth-order valence-corrected chi connectivity index (χ4v) is 2.26. The zero-order valence-electron chi connectivity index (χ0n) is 10.2. The SMILES string of the molecule is CC[C@@H](O)c1c(C(=O)O)c2cc(O)ccc2n1C. The van der Waals surface area contributed by atoms with Crippen molar-refractivity contribution in [1.29, 1.82) is 0 Å². The lowest BCUT2D eigenvalue weighted by Gasteiger charge is -2.11. The minimum absolute atomic E-state index is 0.00754. The maximum atomic E-state index is 11.4. The van der Waals surface area contributed by atoms with Gasteiger partial charge in [-0.05, 0) is 24.6 Å². The number of aliphatic hydroxyl groups excluding tert-OH is 1. The Morgan fingerprint density at radius 2 is 2.11 bits per heavy atom. The maximum Gasteiger partial charge on any atom is 0.338 e. The van der Waals surface area contributed by atoms with E-state index >= 15 is 0 Å². The summed E-state index contributed by atoms with van der Waals surface area (Å²) in [6.45, 7) is 1.78. The number of nitrogens with zero attached hydrogens (tertiary/aromatic N) is 1. The second-order valence-electron chi connectivity index (χ2n) is 4.25. The molecule has 0 unspecified atom stereocenters. The number of hydrogen-bond donors (Lipinski definition) is 3. The molecule has 1 aromatic carbocycles. The Hall–Kier alpha value is -2.01. The van der Waals surface area contributed by atoms with Gasteiger partial charge in [-0.15, -0.1) is 0 Å². The Bertz CT molecular complexity index is 615. The molecule has 5 heteroatoms. The van der Waals surface area contributed by atoms with Crippen molar-refractivity contribution in [3.05, 3.63) is 29.5 Å². The first kappa shape index (κ1) is 12.4. The van der Waals surface area contributed by atoms with Gasteiger partial charge in [0.05, 0.1) is 17.4 Å². The number of hydrogen-bond acceptors (Lipinski definition) is 3. The van der Waals surface area contributed by atoms with Gasteiger partial charge in [-0.2, -0.15) is 0 Å². The quantitative estimate of drug-likeness (QED) is 0.777. The number of carboxylic acid groups (broad SMARTS) is 1. The third kappa shape index (κ3) is 1.73. The van der Waals surface area contributed by atoms with E-state index in [4.69, 9.17) is 0 Å². The van der Waals surface area contributed by atoms with Gasteiger partial charge in [-0.1, -0.05) is 6.92 Å².